The van der Waals surface area contributed by atoms with Gasteiger partial charge >= 0.3 is 0 Å². The Labute approximate surface area is 95.1 Å². The number of thiol groups is 1. The standard InChI is InChI=1S/C9H11NO.C2H4OS/c10-9(11)7-6-8-4-2-1-3-5-8;1-2(3)4/h1-5H,6-7H2,(H2,10,11);1H3,(H,3,4). The largest absolute Gasteiger partial charge is 0.370 e. The van der Waals surface area contributed by atoms with E-state index in [2.05, 4.69) is 12.6 Å². The third-order valence-corrected chi connectivity index (χ3v) is 1.50. The summed E-state index contributed by atoms with van der Waals surface area (Å²) >= 11 is 3.33. The molecule has 0 aliphatic carbocycles. The molecule has 2 N–H and O–H groups in total. The molecule has 3 nitrogen and oxygen atoms in total. The fraction of sp³-hybridized carbons (Fsp3) is 0.273. The third-order valence-electron chi connectivity index (χ3n) is 1.50. The van der Waals surface area contributed by atoms with Gasteiger partial charge in [0.25, 0.3) is 0 Å². The van der Waals surface area contributed by atoms with Crippen molar-refractivity contribution < 1.29 is 9.59 Å². The summed E-state index contributed by atoms with van der Waals surface area (Å²) in [7, 11) is 0. The van der Waals surface area contributed by atoms with Crippen LogP contribution in [0.1, 0.15) is 18.9 Å². The summed E-state index contributed by atoms with van der Waals surface area (Å²) in [6.07, 6.45) is 1.18. The first-order chi connectivity index (χ1) is 7.02. The lowest BCUT2D eigenvalue weighted by molar-refractivity contribution is -0.118. The summed E-state index contributed by atoms with van der Waals surface area (Å²) in [6.45, 7) is 1.39. The Kier molecular flexibility index (Phi) is 7.36. The van der Waals surface area contributed by atoms with Gasteiger partial charge in [-0.15, -0.1) is 12.6 Å². The van der Waals surface area contributed by atoms with Gasteiger partial charge < -0.3 is 5.73 Å². The number of carbonyl (C=O) groups excluding carboxylic acids is 2. The highest BCUT2D eigenvalue weighted by molar-refractivity contribution is 7.96. The van der Waals surface area contributed by atoms with Crippen molar-refractivity contribution in [3.63, 3.8) is 0 Å². The number of benzene rings is 1. The van der Waals surface area contributed by atoms with Gasteiger partial charge in [0.1, 0.15) is 0 Å². The molecule has 0 radical (unpaired) electrons. The van der Waals surface area contributed by atoms with Crippen molar-refractivity contribution in [2.24, 2.45) is 5.73 Å². The molecule has 4 heteroatoms. The maximum absolute atomic E-state index is 10.4. The van der Waals surface area contributed by atoms with Gasteiger partial charge in [-0.2, -0.15) is 0 Å². The van der Waals surface area contributed by atoms with E-state index in [9.17, 15) is 9.59 Å². The first kappa shape index (κ1) is 13.7. The Bertz CT molecular complexity index is 308. The lowest BCUT2D eigenvalue weighted by Crippen LogP contribution is -2.10. The average Bonchev–Trinajstić information content (AvgIpc) is 2.15. The molecule has 0 bridgehead atoms. The van der Waals surface area contributed by atoms with Crippen LogP contribution in [-0.2, 0) is 16.0 Å². The van der Waals surface area contributed by atoms with E-state index in [1.807, 2.05) is 30.3 Å². The van der Waals surface area contributed by atoms with Crippen molar-refractivity contribution in [2.45, 2.75) is 19.8 Å². The minimum Gasteiger partial charge on any atom is -0.370 e. The van der Waals surface area contributed by atoms with E-state index >= 15 is 0 Å². The minimum atomic E-state index is -0.242. The summed E-state index contributed by atoms with van der Waals surface area (Å²) < 4.78 is 0. The number of aryl methyl sites for hydroxylation is 1. The van der Waals surface area contributed by atoms with Crippen molar-refractivity contribution in [1.29, 1.82) is 0 Å². The van der Waals surface area contributed by atoms with Gasteiger partial charge in [-0.05, 0) is 12.0 Å². The topological polar surface area (TPSA) is 60.2 Å². The second-order valence-corrected chi connectivity index (χ2v) is 3.60. The highest BCUT2D eigenvalue weighted by Gasteiger charge is 1.94. The van der Waals surface area contributed by atoms with Crippen LogP contribution in [0.4, 0.5) is 0 Å². The highest BCUT2D eigenvalue weighted by atomic mass is 32.1. The molecular formula is C11H15NO2S. The number of amides is 1. The van der Waals surface area contributed by atoms with E-state index in [4.69, 9.17) is 5.73 Å². The molecule has 0 saturated carbocycles. The molecular weight excluding hydrogens is 210 g/mol. The molecule has 0 fully saturated rings. The van der Waals surface area contributed by atoms with E-state index in [1.165, 1.54) is 6.92 Å². The molecule has 1 rings (SSSR count). The van der Waals surface area contributed by atoms with Gasteiger partial charge in [0, 0.05) is 13.3 Å². The Hall–Kier alpha value is -1.29. The van der Waals surface area contributed by atoms with Crippen LogP contribution in [0.25, 0.3) is 0 Å². The summed E-state index contributed by atoms with van der Waals surface area (Å²) in [5.74, 6) is -0.242. The lowest BCUT2D eigenvalue weighted by Gasteiger charge is -1.96. The molecule has 0 aliphatic heterocycles. The van der Waals surface area contributed by atoms with Crippen LogP contribution in [0.3, 0.4) is 0 Å². The number of primary amides is 1. The van der Waals surface area contributed by atoms with Gasteiger partial charge in [0.15, 0.2) is 5.12 Å². The normalized spacial score (nSPS) is 8.67. The second kappa shape index (κ2) is 8.05. The quantitative estimate of drug-likeness (QED) is 0.767. The Balaban J connectivity index is 0.000000423. The van der Waals surface area contributed by atoms with E-state index in [-0.39, 0.29) is 11.0 Å². The molecule has 0 heterocycles. The zero-order valence-corrected chi connectivity index (χ0v) is 9.54. The van der Waals surface area contributed by atoms with Crippen molar-refractivity contribution >= 4 is 23.7 Å². The number of hydrogen-bond acceptors (Lipinski definition) is 2. The predicted molar refractivity (Wildman–Crippen MR) is 63.6 cm³/mol. The Morgan fingerprint density at radius 1 is 1.27 bits per heavy atom. The fourth-order valence-corrected chi connectivity index (χ4v) is 0.912. The second-order valence-electron chi connectivity index (χ2n) is 2.97. The van der Waals surface area contributed by atoms with Gasteiger partial charge in [0.2, 0.25) is 5.91 Å². The monoisotopic (exact) mass is 225 g/mol. The average molecular weight is 225 g/mol. The van der Waals surface area contributed by atoms with Gasteiger partial charge in [0.05, 0.1) is 0 Å². The van der Waals surface area contributed by atoms with Crippen LogP contribution >= 0.6 is 12.6 Å². The summed E-state index contributed by atoms with van der Waals surface area (Å²) in [6, 6.07) is 9.84. The lowest BCUT2D eigenvalue weighted by atomic mass is 10.1. The van der Waals surface area contributed by atoms with Crippen LogP contribution in [0.5, 0.6) is 0 Å². The number of nitrogens with two attached hydrogens (primary N) is 1. The summed E-state index contributed by atoms with van der Waals surface area (Å²) in [5.41, 5.74) is 6.16. The van der Waals surface area contributed by atoms with Gasteiger partial charge in [-0.25, -0.2) is 0 Å². The highest BCUT2D eigenvalue weighted by Crippen LogP contribution is 2.00. The molecule has 0 saturated heterocycles. The molecule has 1 aromatic carbocycles. The number of hydrogen-bond donors (Lipinski definition) is 2. The molecule has 1 aromatic rings. The SMILES string of the molecule is CC(=O)S.NC(=O)CCc1ccccc1. The first-order valence-electron chi connectivity index (χ1n) is 4.54. The van der Waals surface area contributed by atoms with E-state index < -0.39 is 0 Å². The Morgan fingerprint density at radius 2 is 1.73 bits per heavy atom. The van der Waals surface area contributed by atoms with Crippen molar-refractivity contribution in [3.8, 4) is 0 Å². The molecule has 0 unspecified atom stereocenters. The molecule has 82 valence electrons. The molecule has 1 amide bonds. The maximum atomic E-state index is 10.4. The zero-order chi connectivity index (χ0) is 11.7. The van der Waals surface area contributed by atoms with Crippen molar-refractivity contribution in [3.05, 3.63) is 35.9 Å². The fourth-order valence-electron chi connectivity index (χ4n) is 0.912. The number of carbonyl (C=O) groups is 2. The van der Waals surface area contributed by atoms with Crippen molar-refractivity contribution in [1.82, 2.24) is 0 Å². The molecule has 0 aliphatic rings. The molecule has 0 spiro atoms. The molecule has 0 atom stereocenters. The first-order valence-corrected chi connectivity index (χ1v) is 4.99. The van der Waals surface area contributed by atoms with Crippen LogP contribution < -0.4 is 5.73 Å². The minimum absolute atomic E-state index is 0.139. The zero-order valence-electron chi connectivity index (χ0n) is 8.64. The predicted octanol–water partition coefficient (Wildman–Crippen LogP) is 1.57. The molecule has 15 heavy (non-hydrogen) atoms. The third kappa shape index (κ3) is 10.6. The van der Waals surface area contributed by atoms with E-state index in [0.29, 0.717) is 6.42 Å². The smallest absolute Gasteiger partial charge is 0.217 e. The molecule has 0 aromatic heterocycles. The maximum Gasteiger partial charge on any atom is 0.217 e. The van der Waals surface area contributed by atoms with Crippen molar-refractivity contribution in [2.75, 3.05) is 0 Å². The van der Waals surface area contributed by atoms with Gasteiger partial charge in [-0.3, -0.25) is 9.59 Å². The van der Waals surface area contributed by atoms with Crippen LogP contribution in [0, 0.1) is 0 Å². The summed E-state index contributed by atoms with van der Waals surface area (Å²) in [4.78, 5) is 19.7. The van der Waals surface area contributed by atoms with E-state index in [1.54, 1.807) is 0 Å². The van der Waals surface area contributed by atoms with Gasteiger partial charge in [-0.1, -0.05) is 30.3 Å². The van der Waals surface area contributed by atoms with Crippen LogP contribution in [0.2, 0.25) is 0 Å². The van der Waals surface area contributed by atoms with E-state index in [0.717, 1.165) is 12.0 Å². The Morgan fingerprint density at radius 3 is 2.13 bits per heavy atom. The van der Waals surface area contributed by atoms with Crippen LogP contribution in [-0.4, -0.2) is 11.0 Å². The summed E-state index contributed by atoms with van der Waals surface area (Å²) in [5, 5.41) is -0.139. The van der Waals surface area contributed by atoms with Crippen LogP contribution in [0.15, 0.2) is 30.3 Å². The number of rotatable bonds is 3.